The zero-order valence-electron chi connectivity index (χ0n) is 14.2. The molecule has 0 fully saturated rings. The molecular formula is C18H20N4O2S. The Labute approximate surface area is 150 Å². The highest BCUT2D eigenvalue weighted by Gasteiger charge is 2.23. The van der Waals surface area contributed by atoms with Gasteiger partial charge in [-0.25, -0.2) is 0 Å². The summed E-state index contributed by atoms with van der Waals surface area (Å²) in [7, 11) is 0. The molecule has 2 heterocycles. The van der Waals surface area contributed by atoms with Crippen LogP contribution in [0.15, 0.2) is 46.3 Å². The lowest BCUT2D eigenvalue weighted by atomic mass is 10.2. The van der Waals surface area contributed by atoms with E-state index in [4.69, 9.17) is 10.3 Å². The maximum Gasteiger partial charge on any atom is 0.263 e. The zero-order chi connectivity index (χ0) is 17.8. The van der Waals surface area contributed by atoms with Crippen LogP contribution in [-0.4, -0.2) is 24.2 Å². The van der Waals surface area contributed by atoms with E-state index in [0.29, 0.717) is 11.4 Å². The van der Waals surface area contributed by atoms with Crippen molar-refractivity contribution in [3.8, 4) is 10.6 Å². The van der Waals surface area contributed by atoms with Crippen LogP contribution in [0, 0.1) is 0 Å². The van der Waals surface area contributed by atoms with Crippen molar-refractivity contribution in [2.75, 3.05) is 29.0 Å². The second-order valence-electron chi connectivity index (χ2n) is 5.42. The van der Waals surface area contributed by atoms with Gasteiger partial charge in [-0.2, -0.15) is 0 Å². The summed E-state index contributed by atoms with van der Waals surface area (Å²) in [5, 5.41) is 8.69. The van der Waals surface area contributed by atoms with E-state index in [2.05, 4.69) is 29.2 Å². The molecule has 0 aliphatic rings. The van der Waals surface area contributed by atoms with Gasteiger partial charge in [0.05, 0.1) is 4.88 Å². The number of carbonyl (C=O) groups excluding carboxylic acids is 1. The summed E-state index contributed by atoms with van der Waals surface area (Å²) in [6, 6.07) is 11.5. The first-order valence-corrected chi connectivity index (χ1v) is 8.97. The number of nitrogens with zero attached hydrogens (tertiary/aromatic N) is 2. The Morgan fingerprint density at radius 1 is 1.24 bits per heavy atom. The van der Waals surface area contributed by atoms with Crippen molar-refractivity contribution in [2.45, 2.75) is 13.8 Å². The van der Waals surface area contributed by atoms with Gasteiger partial charge in [0.2, 0.25) is 5.88 Å². The van der Waals surface area contributed by atoms with Gasteiger partial charge in [-0.15, -0.1) is 11.3 Å². The van der Waals surface area contributed by atoms with E-state index in [-0.39, 0.29) is 17.4 Å². The lowest BCUT2D eigenvalue weighted by Crippen LogP contribution is -2.21. The summed E-state index contributed by atoms with van der Waals surface area (Å²) < 4.78 is 5.02. The largest absolute Gasteiger partial charge is 0.372 e. The predicted octanol–water partition coefficient (Wildman–Crippen LogP) is 4.08. The molecule has 3 N–H and O–H groups in total. The highest BCUT2D eigenvalue weighted by molar-refractivity contribution is 7.13. The van der Waals surface area contributed by atoms with Gasteiger partial charge in [0, 0.05) is 24.5 Å². The summed E-state index contributed by atoms with van der Waals surface area (Å²) in [6.45, 7) is 6.09. The van der Waals surface area contributed by atoms with Crippen molar-refractivity contribution >= 4 is 34.5 Å². The molecule has 0 spiro atoms. The van der Waals surface area contributed by atoms with Crippen LogP contribution in [0.1, 0.15) is 24.2 Å². The number of amides is 1. The maximum atomic E-state index is 12.6. The third-order valence-electron chi connectivity index (χ3n) is 3.95. The first kappa shape index (κ1) is 17.0. The van der Waals surface area contributed by atoms with E-state index >= 15 is 0 Å². The molecule has 130 valence electrons. The summed E-state index contributed by atoms with van der Waals surface area (Å²) >= 11 is 1.47. The highest BCUT2D eigenvalue weighted by Crippen LogP contribution is 2.31. The molecule has 0 aliphatic carbocycles. The molecule has 0 unspecified atom stereocenters. The third kappa shape index (κ3) is 3.51. The summed E-state index contributed by atoms with van der Waals surface area (Å²) in [5.41, 5.74) is 8.34. The fourth-order valence-corrected chi connectivity index (χ4v) is 3.35. The molecule has 0 saturated heterocycles. The van der Waals surface area contributed by atoms with E-state index in [1.54, 1.807) is 0 Å². The fraction of sp³-hybridized carbons (Fsp3) is 0.222. The van der Waals surface area contributed by atoms with Crippen LogP contribution in [0.2, 0.25) is 0 Å². The number of hydrogen-bond acceptors (Lipinski definition) is 6. The average molecular weight is 356 g/mol. The Hall–Kier alpha value is -2.80. The normalized spacial score (nSPS) is 10.6. The zero-order valence-corrected chi connectivity index (χ0v) is 15.0. The van der Waals surface area contributed by atoms with E-state index in [1.165, 1.54) is 11.3 Å². The van der Waals surface area contributed by atoms with Crippen LogP contribution in [0.5, 0.6) is 0 Å². The molecule has 3 aromatic rings. The molecular weight excluding hydrogens is 336 g/mol. The maximum absolute atomic E-state index is 12.6. The smallest absolute Gasteiger partial charge is 0.263 e. The Bertz CT molecular complexity index is 837. The van der Waals surface area contributed by atoms with Crippen LogP contribution in [0.3, 0.4) is 0 Å². The van der Waals surface area contributed by atoms with Gasteiger partial charge in [-0.05, 0) is 49.6 Å². The Morgan fingerprint density at radius 3 is 2.56 bits per heavy atom. The van der Waals surface area contributed by atoms with E-state index in [1.807, 2.05) is 41.8 Å². The van der Waals surface area contributed by atoms with Gasteiger partial charge in [0.25, 0.3) is 5.91 Å². The van der Waals surface area contributed by atoms with Crippen LogP contribution in [-0.2, 0) is 0 Å². The van der Waals surface area contributed by atoms with E-state index in [0.717, 1.165) is 23.7 Å². The minimum absolute atomic E-state index is 0.0145. The number of anilines is 3. The third-order valence-corrected chi connectivity index (χ3v) is 4.83. The van der Waals surface area contributed by atoms with Crippen molar-refractivity contribution < 1.29 is 9.32 Å². The topological polar surface area (TPSA) is 84.4 Å². The number of carbonyl (C=O) groups is 1. The van der Waals surface area contributed by atoms with Crippen LogP contribution >= 0.6 is 11.3 Å². The molecule has 0 radical (unpaired) electrons. The second-order valence-corrected chi connectivity index (χ2v) is 6.37. The first-order valence-electron chi connectivity index (χ1n) is 8.09. The molecule has 0 saturated carbocycles. The fourth-order valence-electron chi connectivity index (χ4n) is 2.64. The van der Waals surface area contributed by atoms with Gasteiger partial charge in [-0.1, -0.05) is 11.2 Å². The van der Waals surface area contributed by atoms with Crippen LogP contribution in [0.4, 0.5) is 17.3 Å². The van der Waals surface area contributed by atoms with Crippen molar-refractivity contribution in [1.82, 2.24) is 5.16 Å². The number of nitrogens with one attached hydrogen (secondary N) is 1. The quantitative estimate of drug-likeness (QED) is 0.695. The molecule has 6 nitrogen and oxygen atoms in total. The number of hydrogen-bond donors (Lipinski definition) is 2. The summed E-state index contributed by atoms with van der Waals surface area (Å²) in [5.74, 6) is -0.321. The van der Waals surface area contributed by atoms with Gasteiger partial charge >= 0.3 is 0 Å². The highest BCUT2D eigenvalue weighted by atomic mass is 32.1. The molecule has 25 heavy (non-hydrogen) atoms. The van der Waals surface area contributed by atoms with Crippen LogP contribution in [0.25, 0.3) is 10.6 Å². The monoisotopic (exact) mass is 356 g/mol. The van der Waals surface area contributed by atoms with Gasteiger partial charge in [0.15, 0.2) is 0 Å². The average Bonchev–Trinajstić information content (AvgIpc) is 3.26. The van der Waals surface area contributed by atoms with Crippen molar-refractivity contribution in [3.05, 3.63) is 47.3 Å². The van der Waals surface area contributed by atoms with Gasteiger partial charge in [-0.3, -0.25) is 4.79 Å². The summed E-state index contributed by atoms with van der Waals surface area (Å²) in [6.07, 6.45) is 0. The number of rotatable bonds is 6. The van der Waals surface area contributed by atoms with Gasteiger partial charge < -0.3 is 20.5 Å². The number of benzene rings is 1. The lowest BCUT2D eigenvalue weighted by Gasteiger charge is -2.21. The van der Waals surface area contributed by atoms with E-state index < -0.39 is 0 Å². The molecule has 0 bridgehead atoms. The lowest BCUT2D eigenvalue weighted by molar-refractivity contribution is 0.102. The standard InChI is InChI=1S/C18H20N4O2S/c1-3-22(4-2)13-9-7-12(8-10-13)20-18(23)15-16(21-24-17(15)19)14-6-5-11-25-14/h5-11H,3-4,19H2,1-2H3,(H,20,23). The molecule has 0 aliphatic heterocycles. The SMILES string of the molecule is CCN(CC)c1ccc(NC(=O)c2c(-c3cccs3)noc2N)cc1. The molecule has 1 aromatic carbocycles. The Kier molecular flexibility index (Phi) is 5.04. The van der Waals surface area contributed by atoms with Gasteiger partial charge in [0.1, 0.15) is 11.3 Å². The van der Waals surface area contributed by atoms with E-state index in [9.17, 15) is 4.79 Å². The number of nitrogens with two attached hydrogens (primary N) is 1. The number of aromatic nitrogens is 1. The molecule has 3 rings (SSSR count). The predicted molar refractivity (Wildman–Crippen MR) is 102 cm³/mol. The Morgan fingerprint density at radius 2 is 1.96 bits per heavy atom. The minimum Gasteiger partial charge on any atom is -0.372 e. The second kappa shape index (κ2) is 7.40. The first-order chi connectivity index (χ1) is 12.1. The number of nitrogen functional groups attached to an aromatic ring is 1. The molecule has 1 amide bonds. The van der Waals surface area contributed by atoms with Crippen molar-refractivity contribution in [3.63, 3.8) is 0 Å². The number of thiophene rings is 1. The summed E-state index contributed by atoms with van der Waals surface area (Å²) in [4.78, 5) is 15.7. The van der Waals surface area contributed by atoms with Crippen molar-refractivity contribution in [2.24, 2.45) is 0 Å². The minimum atomic E-state index is -0.335. The molecule has 2 aromatic heterocycles. The molecule has 0 atom stereocenters. The van der Waals surface area contributed by atoms with Crippen LogP contribution < -0.4 is 16.0 Å². The molecule has 7 heteroatoms. The Balaban J connectivity index is 1.80. The van der Waals surface area contributed by atoms with Crippen molar-refractivity contribution in [1.29, 1.82) is 0 Å².